The van der Waals surface area contributed by atoms with Gasteiger partial charge >= 0.3 is 0 Å². The highest BCUT2D eigenvalue weighted by molar-refractivity contribution is 6.32. The van der Waals surface area contributed by atoms with Crippen LogP contribution < -0.4 is 0 Å². The van der Waals surface area contributed by atoms with Crippen molar-refractivity contribution in [2.45, 2.75) is 19.3 Å². The highest BCUT2D eigenvalue weighted by Crippen LogP contribution is 2.52. The molecule has 1 aliphatic carbocycles. The number of para-hydroxylation sites is 1. The standard InChI is InChI=1S/C47H33N.H2/c1-47(2)41-25-8-7-21-39(41)43-33(22-12-26-42(43)47)31-15-9-13-29(27-31)30-14-10-16-32(28-30)34-23-11-24-40-44-37-19-5-3-17-35(37)36-18-4-6-20-38(36)46(44)48-45(34)40;/h3-28,48H,1-2H3;1H. The average molecular weight is 614 g/mol. The van der Waals surface area contributed by atoms with Gasteiger partial charge in [0.2, 0.25) is 0 Å². The van der Waals surface area contributed by atoms with Crippen molar-refractivity contribution in [2.24, 2.45) is 0 Å². The van der Waals surface area contributed by atoms with Crippen LogP contribution in [0.3, 0.4) is 0 Å². The molecule has 0 amide bonds. The summed E-state index contributed by atoms with van der Waals surface area (Å²) in [4.78, 5) is 3.91. The van der Waals surface area contributed by atoms with E-state index in [2.05, 4.69) is 177 Å². The van der Waals surface area contributed by atoms with E-state index in [1.165, 1.54) is 99.0 Å². The molecule has 0 saturated heterocycles. The summed E-state index contributed by atoms with van der Waals surface area (Å²) in [6, 6.07) is 58.1. The van der Waals surface area contributed by atoms with Crippen molar-refractivity contribution in [1.29, 1.82) is 0 Å². The molecule has 0 atom stereocenters. The Morgan fingerprint density at radius 1 is 0.396 bits per heavy atom. The fourth-order valence-electron chi connectivity index (χ4n) is 8.54. The van der Waals surface area contributed by atoms with E-state index >= 15 is 0 Å². The second kappa shape index (κ2) is 10.0. The number of nitrogens with one attached hydrogen (secondary N) is 1. The van der Waals surface area contributed by atoms with Gasteiger partial charge in [0.1, 0.15) is 0 Å². The van der Waals surface area contributed by atoms with Gasteiger partial charge in [0, 0.05) is 28.6 Å². The Kier molecular flexibility index (Phi) is 5.69. The maximum absolute atomic E-state index is 3.91. The summed E-state index contributed by atoms with van der Waals surface area (Å²) in [5, 5.41) is 7.69. The Balaban J connectivity index is 0.00000325. The quantitative estimate of drug-likeness (QED) is 0.191. The molecule has 8 aromatic carbocycles. The third-order valence-corrected chi connectivity index (χ3v) is 10.8. The van der Waals surface area contributed by atoms with Crippen LogP contribution in [0, 0.1) is 0 Å². The van der Waals surface area contributed by atoms with Crippen molar-refractivity contribution in [3.05, 3.63) is 169 Å². The first-order valence-electron chi connectivity index (χ1n) is 16.9. The van der Waals surface area contributed by atoms with Crippen LogP contribution in [0.1, 0.15) is 26.4 Å². The third-order valence-electron chi connectivity index (χ3n) is 10.8. The summed E-state index contributed by atoms with van der Waals surface area (Å²) < 4.78 is 0. The van der Waals surface area contributed by atoms with Crippen LogP contribution in [-0.2, 0) is 5.41 Å². The largest absolute Gasteiger partial charge is 0.353 e. The Bertz CT molecular complexity index is 2760. The molecule has 1 aliphatic rings. The fourth-order valence-corrected chi connectivity index (χ4v) is 8.54. The van der Waals surface area contributed by atoms with Crippen molar-refractivity contribution in [1.82, 2.24) is 4.98 Å². The first kappa shape index (κ1) is 27.2. The van der Waals surface area contributed by atoms with Crippen LogP contribution in [-0.4, -0.2) is 4.98 Å². The lowest BCUT2D eigenvalue weighted by Crippen LogP contribution is -2.14. The second-order valence-electron chi connectivity index (χ2n) is 13.8. The van der Waals surface area contributed by atoms with Gasteiger partial charge in [-0.15, -0.1) is 0 Å². The first-order chi connectivity index (χ1) is 23.6. The van der Waals surface area contributed by atoms with E-state index in [-0.39, 0.29) is 6.84 Å². The van der Waals surface area contributed by atoms with Gasteiger partial charge in [-0.25, -0.2) is 0 Å². The van der Waals surface area contributed by atoms with Gasteiger partial charge in [0.15, 0.2) is 0 Å². The number of H-pyrrole nitrogens is 1. The zero-order valence-electron chi connectivity index (χ0n) is 27.0. The molecule has 0 spiro atoms. The number of hydrogen-bond donors (Lipinski definition) is 1. The number of benzene rings is 8. The molecular weight excluding hydrogens is 579 g/mol. The van der Waals surface area contributed by atoms with Gasteiger partial charge in [-0.3, -0.25) is 0 Å². The van der Waals surface area contributed by atoms with Gasteiger partial charge in [-0.05, 0) is 78.4 Å². The minimum Gasteiger partial charge on any atom is -0.353 e. The minimum absolute atomic E-state index is 0. The van der Waals surface area contributed by atoms with Crippen molar-refractivity contribution in [3.63, 3.8) is 0 Å². The van der Waals surface area contributed by atoms with Gasteiger partial charge in [0.25, 0.3) is 0 Å². The lowest BCUT2D eigenvalue weighted by Gasteiger charge is -2.21. The van der Waals surface area contributed by atoms with Gasteiger partial charge in [0.05, 0.1) is 11.0 Å². The van der Waals surface area contributed by atoms with E-state index in [0.29, 0.717) is 0 Å². The van der Waals surface area contributed by atoms with Crippen molar-refractivity contribution in [2.75, 3.05) is 0 Å². The van der Waals surface area contributed by atoms with Crippen molar-refractivity contribution in [3.8, 4) is 44.5 Å². The summed E-state index contributed by atoms with van der Waals surface area (Å²) in [6.07, 6.45) is 0. The summed E-state index contributed by atoms with van der Waals surface area (Å²) in [5.41, 5.74) is 15.3. The molecule has 0 aliphatic heterocycles. The Morgan fingerprint density at radius 2 is 0.896 bits per heavy atom. The summed E-state index contributed by atoms with van der Waals surface area (Å²) >= 11 is 0. The predicted molar refractivity (Wildman–Crippen MR) is 207 cm³/mol. The van der Waals surface area contributed by atoms with Crippen LogP contribution >= 0.6 is 0 Å². The molecule has 0 unspecified atom stereocenters. The number of rotatable bonds is 3. The topological polar surface area (TPSA) is 15.8 Å². The Labute approximate surface area is 281 Å². The molecule has 9 aromatic rings. The van der Waals surface area contributed by atoms with Gasteiger partial charge in [-0.1, -0.05) is 159 Å². The maximum atomic E-state index is 3.91. The zero-order valence-corrected chi connectivity index (χ0v) is 27.0. The number of hydrogen-bond acceptors (Lipinski definition) is 0. The number of aromatic nitrogens is 1. The summed E-state index contributed by atoms with van der Waals surface area (Å²) in [6.45, 7) is 4.70. The molecule has 0 bridgehead atoms. The smallest absolute Gasteiger partial charge is 0.0551 e. The van der Waals surface area contributed by atoms with E-state index in [0.717, 1.165) is 0 Å². The Hall–Kier alpha value is -5.92. The summed E-state index contributed by atoms with van der Waals surface area (Å²) in [5.74, 6) is 0. The van der Waals surface area contributed by atoms with Crippen molar-refractivity contribution < 1.29 is 1.43 Å². The lowest BCUT2D eigenvalue weighted by atomic mass is 9.82. The lowest BCUT2D eigenvalue weighted by molar-refractivity contribution is 0.660. The van der Waals surface area contributed by atoms with Crippen molar-refractivity contribution >= 4 is 43.4 Å². The minimum atomic E-state index is -0.0178. The molecule has 0 radical (unpaired) electrons. The molecule has 1 heteroatoms. The van der Waals surface area contributed by atoms with Gasteiger partial charge < -0.3 is 4.98 Å². The highest BCUT2D eigenvalue weighted by atomic mass is 14.7. The number of fused-ring (bicyclic) bond motifs is 11. The van der Waals surface area contributed by atoms with Crippen LogP contribution in [0.2, 0.25) is 0 Å². The molecule has 0 saturated carbocycles. The molecule has 228 valence electrons. The van der Waals surface area contributed by atoms with E-state index in [1.54, 1.807) is 0 Å². The maximum Gasteiger partial charge on any atom is 0.0551 e. The Morgan fingerprint density at radius 3 is 1.67 bits per heavy atom. The summed E-state index contributed by atoms with van der Waals surface area (Å²) in [7, 11) is 0. The molecular formula is C47H35N. The van der Waals surface area contributed by atoms with Crippen LogP contribution in [0.4, 0.5) is 0 Å². The van der Waals surface area contributed by atoms with Crippen LogP contribution in [0.15, 0.2) is 158 Å². The second-order valence-corrected chi connectivity index (χ2v) is 13.8. The van der Waals surface area contributed by atoms with E-state index < -0.39 is 0 Å². The van der Waals surface area contributed by atoms with Crippen LogP contribution in [0.25, 0.3) is 87.9 Å². The van der Waals surface area contributed by atoms with E-state index in [9.17, 15) is 0 Å². The molecule has 1 N–H and O–H groups in total. The normalized spacial score (nSPS) is 13.4. The SMILES string of the molecule is CC1(C)c2ccccc2-c2c(-c3cccc(-c4cccc(-c5cccc6c5[nH]c5c7ccccc7c7ccccc7c65)c4)c3)cccc21.[HH]. The van der Waals surface area contributed by atoms with E-state index in [1.807, 2.05) is 0 Å². The average Bonchev–Trinajstić information content (AvgIpc) is 3.65. The fraction of sp³-hybridized carbons (Fsp3) is 0.0638. The zero-order chi connectivity index (χ0) is 32.0. The molecule has 48 heavy (non-hydrogen) atoms. The predicted octanol–water partition coefficient (Wildman–Crippen LogP) is 13.2. The highest BCUT2D eigenvalue weighted by Gasteiger charge is 2.36. The van der Waals surface area contributed by atoms with Gasteiger partial charge in [-0.2, -0.15) is 0 Å². The monoisotopic (exact) mass is 613 g/mol. The third kappa shape index (κ3) is 3.79. The van der Waals surface area contributed by atoms with Crippen LogP contribution in [0.5, 0.6) is 0 Å². The number of aromatic amines is 1. The molecule has 1 aromatic heterocycles. The first-order valence-corrected chi connectivity index (χ1v) is 16.9. The van der Waals surface area contributed by atoms with E-state index in [4.69, 9.17) is 0 Å². The molecule has 1 nitrogen and oxygen atoms in total. The molecule has 10 rings (SSSR count). The molecule has 0 fully saturated rings. The molecule has 1 heterocycles.